The molecule has 0 unspecified atom stereocenters. The van der Waals surface area contributed by atoms with Crippen molar-refractivity contribution in [3.63, 3.8) is 0 Å². The molecule has 1 amide bonds. The molecule has 1 fully saturated rings. The minimum atomic E-state index is -1.01. The van der Waals surface area contributed by atoms with E-state index in [1.165, 1.54) is 6.20 Å². The number of carbonyl (C=O) groups is 1. The van der Waals surface area contributed by atoms with Gasteiger partial charge in [-0.15, -0.1) is 6.42 Å². The van der Waals surface area contributed by atoms with E-state index in [-0.39, 0.29) is 12.5 Å². The van der Waals surface area contributed by atoms with Gasteiger partial charge in [0, 0.05) is 43.5 Å². The number of fused-ring (bicyclic) bond motifs is 1. The standard InChI is InChI=1S/C23H22N6O4/c1-2-22(32)28-7-5-27(6-8-28)21-4-3-16(11-25-21)20-9-19(33-15-18(31)14-30)13-29-23(20)17(10-24)12-26-29/h1,3-4,9,11-13,18,30-31H,5-8,14-15H2/t18-/m1/s1. The molecule has 168 valence electrons. The highest BCUT2D eigenvalue weighted by Gasteiger charge is 2.21. The molecule has 1 saturated heterocycles. The Morgan fingerprint density at radius 3 is 2.70 bits per heavy atom. The first-order chi connectivity index (χ1) is 16.0. The number of pyridine rings is 2. The van der Waals surface area contributed by atoms with E-state index in [4.69, 9.17) is 16.3 Å². The number of rotatable bonds is 6. The number of anilines is 1. The first-order valence-corrected chi connectivity index (χ1v) is 10.3. The summed E-state index contributed by atoms with van der Waals surface area (Å²) in [6.45, 7) is 1.83. The third kappa shape index (κ3) is 4.58. The minimum Gasteiger partial charge on any atom is -0.489 e. The number of hydrogen-bond donors (Lipinski definition) is 2. The van der Waals surface area contributed by atoms with Crippen molar-refractivity contribution in [1.29, 1.82) is 5.26 Å². The number of nitrogens with zero attached hydrogens (tertiary/aromatic N) is 6. The van der Waals surface area contributed by atoms with Gasteiger partial charge in [-0.3, -0.25) is 4.79 Å². The molecule has 1 aliphatic heterocycles. The molecule has 0 spiro atoms. The summed E-state index contributed by atoms with van der Waals surface area (Å²) in [7, 11) is 0. The van der Waals surface area contributed by atoms with Crippen molar-refractivity contribution in [2.24, 2.45) is 0 Å². The molecule has 0 aromatic carbocycles. The SMILES string of the molecule is C#CC(=O)N1CCN(c2ccc(-c3cc(OC[C@H](O)CO)cn4ncc(C#N)c34)cn2)CC1. The van der Waals surface area contributed by atoms with E-state index < -0.39 is 12.7 Å². The molecule has 1 aliphatic rings. The van der Waals surface area contributed by atoms with Crippen LogP contribution in [-0.2, 0) is 4.79 Å². The molecule has 3 aromatic heterocycles. The highest BCUT2D eigenvalue weighted by Crippen LogP contribution is 2.31. The highest BCUT2D eigenvalue weighted by molar-refractivity contribution is 5.93. The van der Waals surface area contributed by atoms with E-state index in [9.17, 15) is 15.2 Å². The third-order valence-electron chi connectivity index (χ3n) is 5.43. The number of aliphatic hydroxyl groups is 2. The van der Waals surface area contributed by atoms with Crippen LogP contribution < -0.4 is 9.64 Å². The van der Waals surface area contributed by atoms with E-state index in [2.05, 4.69) is 27.0 Å². The van der Waals surface area contributed by atoms with E-state index in [1.807, 2.05) is 12.1 Å². The largest absolute Gasteiger partial charge is 0.489 e. The summed E-state index contributed by atoms with van der Waals surface area (Å²) in [6, 6.07) is 7.69. The summed E-state index contributed by atoms with van der Waals surface area (Å²) < 4.78 is 7.15. The summed E-state index contributed by atoms with van der Waals surface area (Å²) in [6.07, 6.45) is 8.99. The van der Waals surface area contributed by atoms with Gasteiger partial charge in [0.25, 0.3) is 5.91 Å². The summed E-state index contributed by atoms with van der Waals surface area (Å²) >= 11 is 0. The first kappa shape index (κ1) is 22.1. The van der Waals surface area contributed by atoms with Gasteiger partial charge in [-0.05, 0) is 24.1 Å². The second-order valence-electron chi connectivity index (χ2n) is 7.53. The maximum atomic E-state index is 11.7. The van der Waals surface area contributed by atoms with E-state index in [0.717, 1.165) is 11.4 Å². The van der Waals surface area contributed by atoms with Crippen LogP contribution in [0.15, 0.2) is 36.8 Å². The van der Waals surface area contributed by atoms with Crippen molar-refractivity contribution < 1.29 is 19.7 Å². The number of terminal acetylenes is 1. The molecule has 33 heavy (non-hydrogen) atoms. The smallest absolute Gasteiger partial charge is 0.298 e. The van der Waals surface area contributed by atoms with Crippen LogP contribution in [0.5, 0.6) is 5.75 Å². The van der Waals surface area contributed by atoms with Gasteiger partial charge in [-0.2, -0.15) is 10.4 Å². The Hall–Kier alpha value is -4.12. The molecule has 0 saturated carbocycles. The molecule has 3 aromatic rings. The van der Waals surface area contributed by atoms with Gasteiger partial charge < -0.3 is 24.7 Å². The number of piperazine rings is 1. The molecular weight excluding hydrogens is 424 g/mol. The van der Waals surface area contributed by atoms with Gasteiger partial charge in [0.2, 0.25) is 0 Å². The molecule has 10 heteroatoms. The Morgan fingerprint density at radius 1 is 1.27 bits per heavy atom. The average molecular weight is 446 g/mol. The number of amides is 1. The van der Waals surface area contributed by atoms with Crippen LogP contribution in [0.2, 0.25) is 0 Å². The first-order valence-electron chi connectivity index (χ1n) is 10.3. The lowest BCUT2D eigenvalue weighted by atomic mass is 10.1. The van der Waals surface area contributed by atoms with Crippen molar-refractivity contribution in [3.8, 4) is 35.3 Å². The number of hydrogen-bond acceptors (Lipinski definition) is 8. The Kier molecular flexibility index (Phi) is 6.41. The fourth-order valence-corrected chi connectivity index (χ4v) is 3.69. The van der Waals surface area contributed by atoms with Crippen molar-refractivity contribution in [3.05, 3.63) is 42.4 Å². The Labute approximate surface area is 190 Å². The maximum Gasteiger partial charge on any atom is 0.298 e. The predicted octanol–water partition coefficient (Wildman–Crippen LogP) is 0.282. The Balaban J connectivity index is 1.60. The number of carbonyl (C=O) groups excluding carboxylic acids is 1. The quantitative estimate of drug-likeness (QED) is 0.517. The molecule has 1 atom stereocenters. The summed E-state index contributed by atoms with van der Waals surface area (Å²) in [5.74, 6) is 3.04. The number of aromatic nitrogens is 3. The topological polar surface area (TPSA) is 127 Å². The zero-order valence-corrected chi connectivity index (χ0v) is 17.8. The van der Waals surface area contributed by atoms with Crippen LogP contribution in [-0.4, -0.2) is 81.1 Å². The Bertz CT molecular complexity index is 1230. The number of ether oxygens (including phenoxy) is 1. The fourth-order valence-electron chi connectivity index (χ4n) is 3.69. The monoisotopic (exact) mass is 446 g/mol. The lowest BCUT2D eigenvalue weighted by molar-refractivity contribution is -0.125. The molecule has 4 rings (SSSR count). The average Bonchev–Trinajstić information content (AvgIpc) is 3.29. The summed E-state index contributed by atoms with van der Waals surface area (Å²) in [5.41, 5.74) is 2.48. The minimum absolute atomic E-state index is 0.0842. The molecule has 0 radical (unpaired) electrons. The zero-order chi connectivity index (χ0) is 23.4. The van der Waals surface area contributed by atoms with Crippen LogP contribution in [0, 0.1) is 23.7 Å². The third-order valence-corrected chi connectivity index (χ3v) is 5.43. The van der Waals surface area contributed by atoms with Gasteiger partial charge in [0.05, 0.1) is 30.1 Å². The number of nitriles is 1. The van der Waals surface area contributed by atoms with Gasteiger partial charge in [0.1, 0.15) is 30.3 Å². The summed E-state index contributed by atoms with van der Waals surface area (Å²) in [5, 5.41) is 32.3. The van der Waals surface area contributed by atoms with Crippen LogP contribution in [0.3, 0.4) is 0 Å². The molecular formula is C23H22N6O4. The van der Waals surface area contributed by atoms with Crippen LogP contribution in [0.25, 0.3) is 16.6 Å². The van der Waals surface area contributed by atoms with Crippen molar-refractivity contribution >= 4 is 17.2 Å². The van der Waals surface area contributed by atoms with Crippen molar-refractivity contribution in [2.45, 2.75) is 6.10 Å². The Morgan fingerprint density at radius 2 is 2.06 bits per heavy atom. The van der Waals surface area contributed by atoms with E-state index in [0.29, 0.717) is 48.6 Å². The van der Waals surface area contributed by atoms with Crippen LogP contribution in [0.4, 0.5) is 5.82 Å². The zero-order valence-electron chi connectivity index (χ0n) is 17.8. The van der Waals surface area contributed by atoms with Crippen LogP contribution in [0.1, 0.15) is 5.56 Å². The van der Waals surface area contributed by atoms with Crippen LogP contribution >= 0.6 is 0 Å². The van der Waals surface area contributed by atoms with E-state index in [1.54, 1.807) is 27.9 Å². The predicted molar refractivity (Wildman–Crippen MR) is 119 cm³/mol. The lowest BCUT2D eigenvalue weighted by Crippen LogP contribution is -2.48. The van der Waals surface area contributed by atoms with Crippen molar-refractivity contribution in [1.82, 2.24) is 19.5 Å². The number of aliphatic hydroxyl groups excluding tert-OH is 2. The second kappa shape index (κ2) is 9.57. The van der Waals surface area contributed by atoms with Gasteiger partial charge in [-0.25, -0.2) is 9.50 Å². The molecule has 10 nitrogen and oxygen atoms in total. The highest BCUT2D eigenvalue weighted by atomic mass is 16.5. The summed E-state index contributed by atoms with van der Waals surface area (Å²) in [4.78, 5) is 20.0. The normalized spacial score (nSPS) is 14.5. The van der Waals surface area contributed by atoms with Gasteiger partial charge >= 0.3 is 0 Å². The van der Waals surface area contributed by atoms with Gasteiger partial charge in [0.15, 0.2) is 0 Å². The maximum absolute atomic E-state index is 11.7. The molecule has 0 bridgehead atoms. The molecule has 0 aliphatic carbocycles. The van der Waals surface area contributed by atoms with Crippen molar-refractivity contribution in [2.75, 3.05) is 44.3 Å². The second-order valence-corrected chi connectivity index (χ2v) is 7.53. The fraction of sp³-hybridized carbons (Fsp3) is 0.304. The van der Waals surface area contributed by atoms with E-state index >= 15 is 0 Å². The molecule has 2 N–H and O–H groups in total. The molecule has 4 heterocycles. The van der Waals surface area contributed by atoms with Gasteiger partial charge in [-0.1, -0.05) is 0 Å². The lowest BCUT2D eigenvalue weighted by Gasteiger charge is -2.34.